The number of carbonyl (C=O) groups is 1. The van der Waals surface area contributed by atoms with Crippen LogP contribution in [0.5, 0.6) is 0 Å². The van der Waals surface area contributed by atoms with E-state index < -0.39 is 12.4 Å². The highest BCUT2D eigenvalue weighted by atomic mass is 79.9. The molecule has 16 heavy (non-hydrogen) atoms. The van der Waals surface area contributed by atoms with Crippen molar-refractivity contribution >= 4 is 21.9 Å². The summed E-state index contributed by atoms with van der Waals surface area (Å²) in [5, 5.41) is 8.59. The number of pyridine rings is 1. The molecule has 0 spiro atoms. The molecule has 0 bridgehead atoms. The van der Waals surface area contributed by atoms with E-state index in [4.69, 9.17) is 10.8 Å². The lowest BCUT2D eigenvalue weighted by Crippen LogP contribution is -2.10. The maximum Gasteiger partial charge on any atom is 0.307 e. The van der Waals surface area contributed by atoms with E-state index in [1.807, 2.05) is 0 Å². The normalized spacial score (nSPS) is 10.8. The Kier molecular flexibility index (Phi) is 4.31. The van der Waals surface area contributed by atoms with Crippen LogP contribution in [-0.4, -0.2) is 16.1 Å². The summed E-state index contributed by atoms with van der Waals surface area (Å²) < 4.78 is 25.5. The van der Waals surface area contributed by atoms with E-state index in [9.17, 15) is 13.6 Å². The third-order valence-corrected chi connectivity index (χ3v) is 2.90. The monoisotopic (exact) mass is 294 g/mol. The molecule has 0 aliphatic rings. The molecule has 4 nitrogen and oxygen atoms in total. The Morgan fingerprint density at radius 3 is 2.69 bits per heavy atom. The number of aromatic nitrogens is 1. The Hall–Kier alpha value is -1.08. The van der Waals surface area contributed by atoms with Crippen molar-refractivity contribution in [3.63, 3.8) is 0 Å². The van der Waals surface area contributed by atoms with Gasteiger partial charge in [-0.2, -0.15) is 0 Å². The molecule has 0 aromatic carbocycles. The molecule has 0 amide bonds. The third kappa shape index (κ3) is 2.73. The molecule has 0 saturated heterocycles. The summed E-state index contributed by atoms with van der Waals surface area (Å²) in [6, 6.07) is 0. The van der Waals surface area contributed by atoms with E-state index in [0.717, 1.165) is 0 Å². The number of rotatable bonds is 4. The van der Waals surface area contributed by atoms with Crippen molar-refractivity contribution in [1.29, 1.82) is 0 Å². The summed E-state index contributed by atoms with van der Waals surface area (Å²) in [7, 11) is 0. The van der Waals surface area contributed by atoms with Crippen molar-refractivity contribution in [2.75, 3.05) is 0 Å². The second kappa shape index (κ2) is 5.31. The fraction of sp³-hybridized carbons (Fsp3) is 0.333. The molecule has 1 aromatic rings. The van der Waals surface area contributed by atoms with Crippen molar-refractivity contribution in [2.45, 2.75) is 19.4 Å². The van der Waals surface area contributed by atoms with Crippen LogP contribution in [-0.2, 0) is 17.8 Å². The summed E-state index contributed by atoms with van der Waals surface area (Å²) in [5.74, 6) is -1.11. The molecule has 1 heterocycles. The molecule has 0 radical (unpaired) electrons. The van der Waals surface area contributed by atoms with Crippen molar-refractivity contribution in [1.82, 2.24) is 4.98 Å². The molecule has 0 aliphatic heterocycles. The third-order valence-electron chi connectivity index (χ3n) is 1.96. The van der Waals surface area contributed by atoms with Crippen LogP contribution in [0.25, 0.3) is 0 Å². The molecular formula is C9H9BrF2N2O2. The quantitative estimate of drug-likeness (QED) is 0.889. The van der Waals surface area contributed by atoms with Gasteiger partial charge in [-0.25, -0.2) is 8.78 Å². The molecule has 1 rings (SSSR count). The minimum Gasteiger partial charge on any atom is -0.481 e. The molecule has 0 aliphatic carbocycles. The topological polar surface area (TPSA) is 76.2 Å². The van der Waals surface area contributed by atoms with Crippen molar-refractivity contribution in [2.24, 2.45) is 5.73 Å². The van der Waals surface area contributed by atoms with Crippen LogP contribution in [0.3, 0.4) is 0 Å². The van der Waals surface area contributed by atoms with Gasteiger partial charge in [0.1, 0.15) is 0 Å². The number of halogens is 3. The number of aliphatic carboxylic acids is 1. The number of carboxylic acid groups (broad SMARTS) is 1. The van der Waals surface area contributed by atoms with Crippen molar-refractivity contribution in [3.8, 4) is 0 Å². The maximum atomic E-state index is 12.7. The van der Waals surface area contributed by atoms with Crippen LogP contribution in [0.1, 0.15) is 23.2 Å². The van der Waals surface area contributed by atoms with Gasteiger partial charge >= 0.3 is 5.97 Å². The Labute approximate surface area is 98.6 Å². The zero-order valence-electron chi connectivity index (χ0n) is 8.08. The first-order chi connectivity index (χ1) is 7.47. The molecule has 0 unspecified atom stereocenters. The van der Waals surface area contributed by atoms with Gasteiger partial charge in [-0.15, -0.1) is 0 Å². The smallest absolute Gasteiger partial charge is 0.307 e. The predicted molar refractivity (Wildman–Crippen MR) is 56.1 cm³/mol. The zero-order valence-corrected chi connectivity index (χ0v) is 9.67. The standard InChI is InChI=1S/C9H9BrF2N2O2/c10-8-4(1-6(15)16)3-14-5(2-13)7(8)9(11)12/h3,9H,1-2,13H2,(H,15,16). The van der Waals surface area contributed by atoms with Gasteiger partial charge in [0.2, 0.25) is 0 Å². The van der Waals surface area contributed by atoms with Gasteiger partial charge in [0, 0.05) is 17.2 Å². The summed E-state index contributed by atoms with van der Waals surface area (Å²) in [4.78, 5) is 14.2. The van der Waals surface area contributed by atoms with Crippen LogP contribution in [0, 0.1) is 0 Å². The molecule has 0 fully saturated rings. The van der Waals surface area contributed by atoms with E-state index in [2.05, 4.69) is 20.9 Å². The minimum atomic E-state index is -2.74. The maximum absolute atomic E-state index is 12.7. The van der Waals surface area contributed by atoms with Crippen LogP contribution >= 0.6 is 15.9 Å². The van der Waals surface area contributed by atoms with Crippen LogP contribution < -0.4 is 5.73 Å². The zero-order chi connectivity index (χ0) is 12.3. The Morgan fingerprint density at radius 2 is 2.25 bits per heavy atom. The first-order valence-electron chi connectivity index (χ1n) is 4.33. The fourth-order valence-electron chi connectivity index (χ4n) is 1.25. The van der Waals surface area contributed by atoms with E-state index in [0.29, 0.717) is 0 Å². The number of nitrogens with zero attached hydrogens (tertiary/aromatic N) is 1. The number of hydrogen-bond acceptors (Lipinski definition) is 3. The molecule has 88 valence electrons. The van der Waals surface area contributed by atoms with E-state index in [1.54, 1.807) is 0 Å². The van der Waals surface area contributed by atoms with Crippen molar-refractivity contribution in [3.05, 3.63) is 27.5 Å². The molecule has 0 atom stereocenters. The highest BCUT2D eigenvalue weighted by Crippen LogP contribution is 2.32. The average Bonchev–Trinajstić information content (AvgIpc) is 2.19. The Bertz CT molecular complexity index is 413. The van der Waals surface area contributed by atoms with Gasteiger partial charge in [0.05, 0.1) is 17.7 Å². The molecule has 7 heteroatoms. The molecule has 0 saturated carbocycles. The van der Waals surface area contributed by atoms with Crippen LogP contribution in [0.15, 0.2) is 10.7 Å². The number of nitrogens with two attached hydrogens (primary N) is 1. The second-order valence-corrected chi connectivity index (χ2v) is 3.83. The SMILES string of the molecule is NCc1ncc(CC(=O)O)c(Br)c1C(F)F. The van der Waals surface area contributed by atoms with Gasteiger partial charge in [-0.3, -0.25) is 9.78 Å². The molecular weight excluding hydrogens is 286 g/mol. The number of alkyl halides is 2. The summed E-state index contributed by atoms with van der Waals surface area (Å²) in [5.41, 5.74) is 5.22. The first kappa shape index (κ1) is 13.0. The first-order valence-corrected chi connectivity index (χ1v) is 5.12. The molecule has 1 aromatic heterocycles. The van der Waals surface area contributed by atoms with E-state index >= 15 is 0 Å². The van der Waals surface area contributed by atoms with Gasteiger partial charge in [0.25, 0.3) is 6.43 Å². The average molecular weight is 295 g/mol. The summed E-state index contributed by atoms with van der Waals surface area (Å²) >= 11 is 2.96. The highest BCUT2D eigenvalue weighted by molar-refractivity contribution is 9.10. The minimum absolute atomic E-state index is 0.0658. The summed E-state index contributed by atoms with van der Waals surface area (Å²) in [6.45, 7) is -0.119. The van der Waals surface area contributed by atoms with Gasteiger partial charge in [-0.1, -0.05) is 0 Å². The Balaban J connectivity index is 3.26. The Morgan fingerprint density at radius 1 is 1.62 bits per heavy atom. The van der Waals surface area contributed by atoms with Gasteiger partial charge in [-0.05, 0) is 21.5 Å². The van der Waals surface area contributed by atoms with Gasteiger partial charge < -0.3 is 10.8 Å². The second-order valence-electron chi connectivity index (χ2n) is 3.03. The van der Waals surface area contributed by atoms with Crippen molar-refractivity contribution < 1.29 is 18.7 Å². The fourth-order valence-corrected chi connectivity index (χ4v) is 1.90. The number of hydrogen-bond donors (Lipinski definition) is 2. The number of carboxylic acids is 1. The lowest BCUT2D eigenvalue weighted by atomic mass is 10.1. The lowest BCUT2D eigenvalue weighted by molar-refractivity contribution is -0.136. The van der Waals surface area contributed by atoms with Crippen LogP contribution in [0.2, 0.25) is 0 Å². The van der Waals surface area contributed by atoms with E-state index in [1.165, 1.54) is 6.20 Å². The largest absolute Gasteiger partial charge is 0.481 e. The van der Waals surface area contributed by atoms with E-state index in [-0.39, 0.29) is 34.3 Å². The lowest BCUT2D eigenvalue weighted by Gasteiger charge is -2.11. The highest BCUT2D eigenvalue weighted by Gasteiger charge is 2.20. The summed E-state index contributed by atoms with van der Waals surface area (Å²) in [6.07, 6.45) is -1.86. The molecule has 3 N–H and O–H groups in total. The van der Waals surface area contributed by atoms with Crippen LogP contribution in [0.4, 0.5) is 8.78 Å². The van der Waals surface area contributed by atoms with Gasteiger partial charge in [0.15, 0.2) is 0 Å². The predicted octanol–water partition coefficient (Wildman–Crippen LogP) is 1.87.